The molecule has 0 fully saturated rings. The number of rotatable bonds is 5. The van der Waals surface area contributed by atoms with Gasteiger partial charge in [-0.25, -0.2) is 0 Å². The Kier molecular flexibility index (Phi) is 4.10. The molecule has 0 radical (unpaired) electrons. The number of fused-ring (bicyclic) bond motifs is 1. The van der Waals surface area contributed by atoms with Crippen LogP contribution in [0.15, 0.2) is 30.6 Å². The molecule has 0 aliphatic carbocycles. The summed E-state index contributed by atoms with van der Waals surface area (Å²) in [4.78, 5) is 0. The summed E-state index contributed by atoms with van der Waals surface area (Å²) >= 11 is 0. The van der Waals surface area contributed by atoms with E-state index >= 15 is 0 Å². The lowest BCUT2D eigenvalue weighted by Gasteiger charge is -2.19. The van der Waals surface area contributed by atoms with Crippen molar-refractivity contribution < 1.29 is 9.47 Å². The summed E-state index contributed by atoms with van der Waals surface area (Å²) < 4.78 is 13.1. The zero-order chi connectivity index (χ0) is 14.7. The molecule has 5 heteroatoms. The lowest BCUT2D eigenvalue weighted by molar-refractivity contribution is 0.171. The molecule has 0 amide bonds. The maximum absolute atomic E-state index is 5.60. The SMILES string of the molecule is Cc1cnn(C[C@@H](C)NCc2ccc3c(c2)OCCO3)c1. The summed E-state index contributed by atoms with van der Waals surface area (Å²) in [6.07, 6.45) is 3.94. The maximum Gasteiger partial charge on any atom is 0.161 e. The van der Waals surface area contributed by atoms with Gasteiger partial charge in [0.1, 0.15) is 13.2 Å². The molecule has 112 valence electrons. The van der Waals surface area contributed by atoms with Crippen LogP contribution in [0, 0.1) is 6.92 Å². The largest absolute Gasteiger partial charge is 0.486 e. The van der Waals surface area contributed by atoms with Gasteiger partial charge >= 0.3 is 0 Å². The van der Waals surface area contributed by atoms with Crippen LogP contribution in [0.5, 0.6) is 11.5 Å². The highest BCUT2D eigenvalue weighted by Crippen LogP contribution is 2.30. The summed E-state index contributed by atoms with van der Waals surface area (Å²) in [5, 5.41) is 7.81. The molecule has 0 saturated heterocycles. The van der Waals surface area contributed by atoms with E-state index in [1.807, 2.05) is 23.0 Å². The van der Waals surface area contributed by atoms with Crippen molar-refractivity contribution in [3.63, 3.8) is 0 Å². The molecule has 0 saturated carbocycles. The minimum Gasteiger partial charge on any atom is -0.486 e. The second-order valence-corrected chi connectivity index (χ2v) is 5.50. The molecule has 1 aliphatic rings. The first kappa shape index (κ1) is 13.9. The summed E-state index contributed by atoms with van der Waals surface area (Å²) in [6, 6.07) is 6.45. The van der Waals surface area contributed by atoms with Crippen LogP contribution in [-0.2, 0) is 13.1 Å². The smallest absolute Gasteiger partial charge is 0.161 e. The lowest BCUT2D eigenvalue weighted by atomic mass is 10.2. The standard InChI is InChI=1S/C16H21N3O2/c1-12-8-18-19(10-12)11-13(2)17-9-14-3-4-15-16(7-14)21-6-5-20-15/h3-4,7-8,10,13,17H,5-6,9,11H2,1-2H3/t13-/m1/s1. The van der Waals surface area contributed by atoms with Crippen molar-refractivity contribution >= 4 is 0 Å². The number of aryl methyl sites for hydroxylation is 1. The van der Waals surface area contributed by atoms with Gasteiger partial charge in [0.15, 0.2) is 11.5 Å². The molecular weight excluding hydrogens is 266 g/mol. The van der Waals surface area contributed by atoms with Gasteiger partial charge in [0.05, 0.1) is 12.7 Å². The molecule has 1 aromatic carbocycles. The molecule has 21 heavy (non-hydrogen) atoms. The van der Waals surface area contributed by atoms with E-state index in [9.17, 15) is 0 Å². The molecule has 2 heterocycles. The van der Waals surface area contributed by atoms with Gasteiger partial charge < -0.3 is 14.8 Å². The van der Waals surface area contributed by atoms with Crippen LogP contribution in [0.25, 0.3) is 0 Å². The summed E-state index contributed by atoms with van der Waals surface area (Å²) in [6.45, 7) is 7.13. The summed E-state index contributed by atoms with van der Waals surface area (Å²) in [7, 11) is 0. The highest BCUT2D eigenvalue weighted by Gasteiger charge is 2.12. The van der Waals surface area contributed by atoms with Crippen LogP contribution in [0.2, 0.25) is 0 Å². The topological polar surface area (TPSA) is 48.3 Å². The molecule has 0 unspecified atom stereocenters. The lowest BCUT2D eigenvalue weighted by Crippen LogP contribution is -2.30. The molecule has 1 atom stereocenters. The van der Waals surface area contributed by atoms with E-state index in [4.69, 9.17) is 9.47 Å². The Morgan fingerprint density at radius 3 is 2.86 bits per heavy atom. The number of hydrogen-bond donors (Lipinski definition) is 1. The van der Waals surface area contributed by atoms with Crippen LogP contribution >= 0.6 is 0 Å². The van der Waals surface area contributed by atoms with E-state index in [0.717, 1.165) is 24.6 Å². The third-order valence-corrected chi connectivity index (χ3v) is 3.48. The maximum atomic E-state index is 5.60. The van der Waals surface area contributed by atoms with E-state index in [2.05, 4.69) is 36.5 Å². The van der Waals surface area contributed by atoms with Crippen LogP contribution in [-0.4, -0.2) is 29.0 Å². The number of ether oxygens (including phenoxy) is 2. The first-order valence-electron chi connectivity index (χ1n) is 7.31. The molecule has 1 aliphatic heterocycles. The van der Waals surface area contributed by atoms with Crippen molar-refractivity contribution in [1.29, 1.82) is 0 Å². The van der Waals surface area contributed by atoms with E-state index < -0.39 is 0 Å². The van der Waals surface area contributed by atoms with Gasteiger partial charge in [-0.1, -0.05) is 6.07 Å². The second-order valence-electron chi connectivity index (χ2n) is 5.50. The average molecular weight is 287 g/mol. The fraction of sp³-hybridized carbons (Fsp3) is 0.438. The minimum absolute atomic E-state index is 0.345. The van der Waals surface area contributed by atoms with Crippen molar-refractivity contribution in [3.8, 4) is 11.5 Å². The number of nitrogens with zero attached hydrogens (tertiary/aromatic N) is 2. The highest BCUT2D eigenvalue weighted by molar-refractivity contribution is 5.43. The Labute approximate surface area is 124 Å². The van der Waals surface area contributed by atoms with Crippen molar-refractivity contribution in [3.05, 3.63) is 41.7 Å². The molecule has 0 spiro atoms. The summed E-state index contributed by atoms with van der Waals surface area (Å²) in [5.41, 5.74) is 2.39. The molecule has 2 aromatic rings. The second kappa shape index (κ2) is 6.18. The number of hydrogen-bond acceptors (Lipinski definition) is 4. The first-order valence-corrected chi connectivity index (χ1v) is 7.31. The first-order chi connectivity index (χ1) is 10.2. The zero-order valence-corrected chi connectivity index (χ0v) is 12.5. The molecule has 5 nitrogen and oxygen atoms in total. The zero-order valence-electron chi connectivity index (χ0n) is 12.5. The van der Waals surface area contributed by atoms with Gasteiger partial charge in [-0.3, -0.25) is 4.68 Å². The van der Waals surface area contributed by atoms with Crippen molar-refractivity contribution in [1.82, 2.24) is 15.1 Å². The molecule has 1 N–H and O–H groups in total. The number of aromatic nitrogens is 2. The molecular formula is C16H21N3O2. The van der Waals surface area contributed by atoms with Gasteiger partial charge in [-0.2, -0.15) is 5.10 Å². The van der Waals surface area contributed by atoms with Crippen LogP contribution in [0.3, 0.4) is 0 Å². The van der Waals surface area contributed by atoms with Gasteiger partial charge in [-0.15, -0.1) is 0 Å². The van der Waals surface area contributed by atoms with Gasteiger partial charge in [0, 0.05) is 18.8 Å². The van der Waals surface area contributed by atoms with Gasteiger partial charge in [0.2, 0.25) is 0 Å². The third-order valence-electron chi connectivity index (χ3n) is 3.48. The van der Waals surface area contributed by atoms with Crippen molar-refractivity contribution in [2.75, 3.05) is 13.2 Å². The highest BCUT2D eigenvalue weighted by atomic mass is 16.6. The normalized spacial score (nSPS) is 15.0. The number of benzene rings is 1. The number of nitrogens with one attached hydrogen (secondary N) is 1. The average Bonchev–Trinajstić information content (AvgIpc) is 2.90. The van der Waals surface area contributed by atoms with Crippen LogP contribution in [0.1, 0.15) is 18.1 Å². The van der Waals surface area contributed by atoms with Gasteiger partial charge in [0.25, 0.3) is 0 Å². The van der Waals surface area contributed by atoms with E-state index in [1.165, 1.54) is 11.1 Å². The fourth-order valence-corrected chi connectivity index (χ4v) is 2.40. The van der Waals surface area contributed by atoms with Crippen molar-refractivity contribution in [2.45, 2.75) is 33.0 Å². The van der Waals surface area contributed by atoms with E-state index in [0.29, 0.717) is 19.3 Å². The molecule has 0 bridgehead atoms. The Morgan fingerprint density at radius 1 is 1.29 bits per heavy atom. The van der Waals surface area contributed by atoms with Crippen LogP contribution < -0.4 is 14.8 Å². The predicted molar refractivity (Wildman–Crippen MR) is 80.7 cm³/mol. The van der Waals surface area contributed by atoms with E-state index in [1.54, 1.807) is 0 Å². The Balaban J connectivity index is 1.54. The minimum atomic E-state index is 0.345. The molecule has 3 rings (SSSR count). The monoisotopic (exact) mass is 287 g/mol. The van der Waals surface area contributed by atoms with Gasteiger partial charge in [-0.05, 0) is 37.1 Å². The van der Waals surface area contributed by atoms with Crippen molar-refractivity contribution in [2.24, 2.45) is 0 Å². The predicted octanol–water partition coefficient (Wildman–Crippen LogP) is 2.14. The molecule has 1 aromatic heterocycles. The summed E-state index contributed by atoms with van der Waals surface area (Å²) in [5.74, 6) is 1.68. The van der Waals surface area contributed by atoms with Crippen LogP contribution in [0.4, 0.5) is 0 Å². The fourth-order valence-electron chi connectivity index (χ4n) is 2.40. The quantitative estimate of drug-likeness (QED) is 0.915. The Hall–Kier alpha value is -2.01. The van der Waals surface area contributed by atoms with E-state index in [-0.39, 0.29) is 0 Å². The Bertz CT molecular complexity index is 609. The Morgan fingerprint density at radius 2 is 2.10 bits per heavy atom. The third kappa shape index (κ3) is 3.55.